The smallest absolute Gasteiger partial charge is 0.115 e. The van der Waals surface area contributed by atoms with Crippen molar-refractivity contribution in [1.29, 1.82) is 0 Å². The Kier molecular flexibility index (Phi) is 19.6. The molecule has 0 aliphatic carbocycles. The van der Waals surface area contributed by atoms with Gasteiger partial charge >= 0.3 is 0 Å². The first-order valence-electron chi connectivity index (χ1n) is 11.1. The number of ether oxygens (including phenoxy) is 1. The van der Waals surface area contributed by atoms with E-state index in [-0.39, 0.29) is 6.61 Å². The molecule has 0 aliphatic heterocycles. The van der Waals surface area contributed by atoms with Gasteiger partial charge in [0.05, 0.1) is 20.7 Å². The lowest BCUT2D eigenvalue weighted by Crippen LogP contribution is -2.25. The summed E-state index contributed by atoms with van der Waals surface area (Å²) in [4.78, 5) is 20.5. The average molecular weight is 421 g/mol. The zero-order chi connectivity index (χ0) is 20.9. The molecule has 1 atom stereocenters. The zero-order valence-electron chi connectivity index (χ0n) is 17.7. The maximum absolute atomic E-state index is 10.3. The Morgan fingerprint density at radius 1 is 0.821 bits per heavy atom. The summed E-state index contributed by atoms with van der Waals surface area (Å²) in [5, 5.41) is 9.36. The summed E-state index contributed by atoms with van der Waals surface area (Å²) in [5.41, 5.74) is 0. The number of allylic oxidation sites excluding steroid dienone is 1. The molecule has 0 rings (SSSR count). The van der Waals surface area contributed by atoms with Gasteiger partial charge < -0.3 is 28.7 Å². The molecule has 1 N–H and O–H groups in total. The zero-order valence-corrected chi connectivity index (χ0v) is 18.6. The maximum Gasteiger partial charge on any atom is 0.115 e. The van der Waals surface area contributed by atoms with Crippen molar-refractivity contribution in [3.8, 4) is 0 Å². The van der Waals surface area contributed by atoms with E-state index in [0.717, 1.165) is 12.8 Å². The van der Waals surface area contributed by atoms with Crippen LogP contribution in [0.2, 0.25) is 0 Å². The predicted molar refractivity (Wildman–Crippen MR) is 110 cm³/mol. The van der Waals surface area contributed by atoms with Crippen LogP contribution < -0.4 is 9.79 Å². The SMILES string of the molecule is CCCCCCCCCCCCCCCC/C=C\OC[C@@H](O)COP(=O)([O-])[O-]. The Balaban J connectivity index is 3.22. The number of phosphoric acid groups is 1. The summed E-state index contributed by atoms with van der Waals surface area (Å²) in [6.07, 6.45) is 21.9. The standard InChI is InChI=1S/C21H43O6P/c1-2-3-4-5-6-7-8-9-10-11-12-13-14-15-16-17-18-26-19-21(22)20-27-28(23,24)25/h17-18,21-22H,2-16,19-20H2,1H3,(H2,23,24,25)/p-2/b18-17-/t21-/m1/s1. The molecule has 28 heavy (non-hydrogen) atoms. The molecule has 0 saturated carbocycles. The van der Waals surface area contributed by atoms with Crippen molar-refractivity contribution in [3.63, 3.8) is 0 Å². The Hall–Kier alpha value is -0.390. The molecule has 0 saturated heterocycles. The first-order valence-corrected chi connectivity index (χ1v) is 12.5. The van der Waals surface area contributed by atoms with Gasteiger partial charge in [-0.25, -0.2) is 0 Å². The minimum atomic E-state index is -5.03. The topological polar surface area (TPSA) is 102 Å². The number of unbranched alkanes of at least 4 members (excludes halogenated alkanes) is 14. The summed E-state index contributed by atoms with van der Waals surface area (Å²) in [6, 6.07) is 0. The van der Waals surface area contributed by atoms with E-state index in [9.17, 15) is 19.5 Å². The molecule has 0 bridgehead atoms. The molecule has 0 aromatic carbocycles. The van der Waals surface area contributed by atoms with Crippen LogP contribution in [0.1, 0.15) is 103 Å². The fourth-order valence-corrected chi connectivity index (χ4v) is 3.34. The van der Waals surface area contributed by atoms with E-state index in [0.29, 0.717) is 0 Å². The van der Waals surface area contributed by atoms with Crippen molar-refractivity contribution >= 4 is 7.82 Å². The number of hydrogen-bond acceptors (Lipinski definition) is 6. The highest BCUT2D eigenvalue weighted by Crippen LogP contribution is 2.24. The van der Waals surface area contributed by atoms with Gasteiger partial charge in [0.1, 0.15) is 12.7 Å². The summed E-state index contributed by atoms with van der Waals surface area (Å²) in [6.45, 7) is 1.58. The van der Waals surface area contributed by atoms with E-state index in [1.807, 2.05) is 6.08 Å². The second-order valence-electron chi connectivity index (χ2n) is 7.49. The van der Waals surface area contributed by atoms with E-state index >= 15 is 0 Å². The minimum Gasteiger partial charge on any atom is -0.790 e. The molecule has 0 spiro atoms. The number of aliphatic hydroxyl groups excluding tert-OH is 1. The third-order valence-electron chi connectivity index (χ3n) is 4.63. The molecular weight excluding hydrogens is 379 g/mol. The second kappa shape index (κ2) is 19.9. The third kappa shape index (κ3) is 23.6. The highest BCUT2D eigenvalue weighted by molar-refractivity contribution is 7.43. The molecule has 168 valence electrons. The van der Waals surface area contributed by atoms with Crippen molar-refractivity contribution in [1.82, 2.24) is 0 Å². The number of rotatable bonds is 21. The Morgan fingerprint density at radius 2 is 1.29 bits per heavy atom. The van der Waals surface area contributed by atoms with Gasteiger partial charge in [-0.15, -0.1) is 0 Å². The Bertz CT molecular complexity index is 396. The predicted octanol–water partition coefficient (Wildman–Crippen LogP) is 4.59. The van der Waals surface area contributed by atoms with Gasteiger partial charge in [0, 0.05) is 0 Å². The maximum atomic E-state index is 10.3. The summed E-state index contributed by atoms with van der Waals surface area (Å²) in [5.74, 6) is 0. The molecule has 7 heteroatoms. The summed E-state index contributed by atoms with van der Waals surface area (Å²) >= 11 is 0. The number of hydrogen-bond donors (Lipinski definition) is 1. The molecule has 0 aromatic rings. The van der Waals surface area contributed by atoms with Crippen molar-refractivity contribution in [3.05, 3.63) is 12.3 Å². The van der Waals surface area contributed by atoms with Crippen molar-refractivity contribution in [2.45, 2.75) is 109 Å². The van der Waals surface area contributed by atoms with Crippen LogP contribution in [0, 0.1) is 0 Å². The lowest BCUT2D eigenvalue weighted by molar-refractivity contribution is -0.342. The number of aliphatic hydroxyl groups is 1. The van der Waals surface area contributed by atoms with Crippen LogP contribution in [-0.2, 0) is 13.8 Å². The second-order valence-corrected chi connectivity index (χ2v) is 8.64. The molecular formula is C21H41O6P-2. The molecule has 6 nitrogen and oxygen atoms in total. The third-order valence-corrected chi connectivity index (χ3v) is 5.10. The van der Waals surface area contributed by atoms with Gasteiger partial charge in [-0.2, -0.15) is 0 Å². The highest BCUT2D eigenvalue weighted by atomic mass is 31.2. The van der Waals surface area contributed by atoms with Gasteiger partial charge in [-0.05, 0) is 18.9 Å². The quantitative estimate of drug-likeness (QED) is 0.165. The van der Waals surface area contributed by atoms with Gasteiger partial charge in [0.15, 0.2) is 0 Å². The van der Waals surface area contributed by atoms with Gasteiger partial charge in [-0.1, -0.05) is 90.4 Å². The lowest BCUT2D eigenvalue weighted by atomic mass is 10.0. The first-order chi connectivity index (χ1) is 13.5. The van der Waals surface area contributed by atoms with Crippen LogP contribution in [0.15, 0.2) is 12.3 Å². The van der Waals surface area contributed by atoms with E-state index < -0.39 is 20.5 Å². The highest BCUT2D eigenvalue weighted by Gasteiger charge is 2.04. The minimum absolute atomic E-state index is 0.102. The molecule has 0 amide bonds. The van der Waals surface area contributed by atoms with Crippen LogP contribution in [0.25, 0.3) is 0 Å². The monoisotopic (exact) mass is 420 g/mol. The summed E-state index contributed by atoms with van der Waals surface area (Å²) < 4.78 is 19.3. The average Bonchev–Trinajstić information content (AvgIpc) is 2.65. The molecule has 0 aliphatic rings. The Labute approximate surface area is 172 Å². The number of phosphoric ester groups is 1. The fraction of sp³-hybridized carbons (Fsp3) is 0.905. The van der Waals surface area contributed by atoms with Crippen LogP contribution in [0.3, 0.4) is 0 Å². The molecule has 0 heterocycles. The summed E-state index contributed by atoms with van der Waals surface area (Å²) in [7, 11) is -5.03. The molecule has 0 fully saturated rings. The molecule has 0 aromatic heterocycles. The Morgan fingerprint density at radius 3 is 1.75 bits per heavy atom. The van der Waals surface area contributed by atoms with Crippen molar-refractivity contribution in [2.24, 2.45) is 0 Å². The fourth-order valence-electron chi connectivity index (χ4n) is 2.98. The normalized spacial score (nSPS) is 13.3. The largest absolute Gasteiger partial charge is 0.790 e. The van der Waals surface area contributed by atoms with Gasteiger partial charge in [0.2, 0.25) is 0 Å². The van der Waals surface area contributed by atoms with E-state index in [1.54, 1.807) is 0 Å². The molecule has 0 radical (unpaired) electrons. The first kappa shape index (κ1) is 27.6. The van der Waals surface area contributed by atoms with Crippen LogP contribution >= 0.6 is 7.82 Å². The van der Waals surface area contributed by atoms with Gasteiger partial charge in [-0.3, -0.25) is 0 Å². The van der Waals surface area contributed by atoms with Crippen molar-refractivity contribution < 1.29 is 28.7 Å². The van der Waals surface area contributed by atoms with Crippen LogP contribution in [0.5, 0.6) is 0 Å². The van der Waals surface area contributed by atoms with E-state index in [2.05, 4.69) is 11.4 Å². The van der Waals surface area contributed by atoms with E-state index in [4.69, 9.17) is 4.74 Å². The van der Waals surface area contributed by atoms with Gasteiger partial charge in [0.25, 0.3) is 0 Å². The lowest BCUT2D eigenvalue weighted by Gasteiger charge is -2.29. The molecule has 0 unspecified atom stereocenters. The van der Waals surface area contributed by atoms with Crippen LogP contribution in [0.4, 0.5) is 0 Å². The van der Waals surface area contributed by atoms with Crippen LogP contribution in [-0.4, -0.2) is 24.4 Å². The van der Waals surface area contributed by atoms with E-state index in [1.165, 1.54) is 89.7 Å². The van der Waals surface area contributed by atoms with Crippen molar-refractivity contribution in [2.75, 3.05) is 13.2 Å².